The van der Waals surface area contributed by atoms with E-state index in [2.05, 4.69) is 113 Å². The number of para-hydroxylation sites is 1. The fourth-order valence-electron chi connectivity index (χ4n) is 3.99. The fraction of sp³-hybridized carbons (Fsp3) is 0.500. The maximum Gasteiger partial charge on any atom is 0.0397 e. The first-order valence-electron chi connectivity index (χ1n) is 10.6. The van der Waals surface area contributed by atoms with Gasteiger partial charge in [-0.3, -0.25) is 0 Å². The van der Waals surface area contributed by atoms with Gasteiger partial charge in [-0.15, -0.1) is 0 Å². The molecule has 0 atom stereocenters. The van der Waals surface area contributed by atoms with Crippen LogP contribution in [0.5, 0.6) is 0 Å². The molecule has 0 bridgehead atoms. The fourth-order valence-corrected chi connectivity index (χ4v) is 4.63. The van der Waals surface area contributed by atoms with Crippen LogP contribution in [0, 0.1) is 17.4 Å². The molecule has 0 saturated carbocycles. The number of halogens is 1. The minimum absolute atomic E-state index is 1.15. The topological polar surface area (TPSA) is 13.0 Å². The molecule has 2 saturated heterocycles. The minimum atomic E-state index is 1.15. The Bertz CT molecular complexity index is 778. The molecule has 158 valence electrons. The Balaban J connectivity index is 0.000000166. The summed E-state index contributed by atoms with van der Waals surface area (Å²) in [6, 6.07) is 15.3. The summed E-state index contributed by atoms with van der Waals surface area (Å²) in [5, 5.41) is 0. The summed E-state index contributed by atoms with van der Waals surface area (Å²) in [4.78, 5) is 9.74. The standard InChI is InChI=1S/C12H17IN2.C12H18N2/c1-10-9-11(13)3-4-12(10)15-7-5-14(2)6-8-15;1-11-5-3-4-6-12(11)14-9-7-13(2)8-10-14/h3-4,9H,5-8H2,1-2H3;3-6H,7-10H2,1-2H3. The Morgan fingerprint density at radius 2 is 1.10 bits per heavy atom. The highest BCUT2D eigenvalue weighted by Crippen LogP contribution is 2.23. The molecule has 0 spiro atoms. The van der Waals surface area contributed by atoms with E-state index in [9.17, 15) is 0 Å². The Morgan fingerprint density at radius 3 is 1.59 bits per heavy atom. The SMILES string of the molecule is Cc1cc(I)ccc1N1CCN(C)CC1.Cc1ccccc1N1CCN(C)CC1. The highest BCUT2D eigenvalue weighted by molar-refractivity contribution is 14.1. The van der Waals surface area contributed by atoms with Crippen molar-refractivity contribution >= 4 is 34.0 Å². The molecule has 2 aliphatic heterocycles. The number of hydrogen-bond donors (Lipinski definition) is 0. The van der Waals surface area contributed by atoms with Gasteiger partial charge in [-0.2, -0.15) is 0 Å². The van der Waals surface area contributed by atoms with Crippen LogP contribution in [0.3, 0.4) is 0 Å². The summed E-state index contributed by atoms with van der Waals surface area (Å²) in [5.41, 5.74) is 5.59. The summed E-state index contributed by atoms with van der Waals surface area (Å²) in [7, 11) is 4.38. The number of likely N-dealkylation sites (N-methyl/N-ethyl adjacent to an activating group) is 2. The van der Waals surface area contributed by atoms with Crippen LogP contribution in [0.25, 0.3) is 0 Å². The molecule has 0 aromatic heterocycles. The molecule has 5 heteroatoms. The van der Waals surface area contributed by atoms with Crippen molar-refractivity contribution in [2.24, 2.45) is 0 Å². The van der Waals surface area contributed by atoms with Crippen molar-refractivity contribution in [3.8, 4) is 0 Å². The number of nitrogens with zero attached hydrogens (tertiary/aromatic N) is 4. The van der Waals surface area contributed by atoms with Crippen molar-refractivity contribution in [2.75, 3.05) is 76.3 Å². The average Bonchev–Trinajstić information content (AvgIpc) is 2.71. The Labute approximate surface area is 190 Å². The molecule has 0 unspecified atom stereocenters. The summed E-state index contributed by atoms with van der Waals surface area (Å²) < 4.78 is 1.32. The first-order chi connectivity index (χ1) is 13.9. The molecule has 0 aliphatic carbocycles. The van der Waals surface area contributed by atoms with Gasteiger partial charge in [0.25, 0.3) is 0 Å². The first kappa shape index (κ1) is 22.4. The summed E-state index contributed by atoms with van der Waals surface area (Å²) in [6.45, 7) is 13.7. The summed E-state index contributed by atoms with van der Waals surface area (Å²) >= 11 is 2.37. The third kappa shape index (κ3) is 6.33. The van der Waals surface area contributed by atoms with Crippen molar-refractivity contribution in [1.82, 2.24) is 9.80 Å². The number of hydrogen-bond acceptors (Lipinski definition) is 4. The van der Waals surface area contributed by atoms with Crippen molar-refractivity contribution < 1.29 is 0 Å². The molecule has 2 heterocycles. The molecule has 0 N–H and O–H groups in total. The third-order valence-electron chi connectivity index (χ3n) is 5.96. The van der Waals surface area contributed by atoms with Crippen LogP contribution in [0.2, 0.25) is 0 Å². The number of piperazine rings is 2. The van der Waals surface area contributed by atoms with Crippen LogP contribution in [0.4, 0.5) is 11.4 Å². The number of benzene rings is 2. The predicted octanol–water partition coefficient (Wildman–Crippen LogP) is 4.10. The lowest BCUT2D eigenvalue weighted by Crippen LogP contribution is -2.44. The van der Waals surface area contributed by atoms with Gasteiger partial charge in [0.2, 0.25) is 0 Å². The molecule has 2 aromatic rings. The lowest BCUT2D eigenvalue weighted by molar-refractivity contribution is 0.312. The molecule has 29 heavy (non-hydrogen) atoms. The van der Waals surface area contributed by atoms with E-state index in [1.165, 1.54) is 52.3 Å². The number of rotatable bonds is 2. The van der Waals surface area contributed by atoms with E-state index in [-0.39, 0.29) is 0 Å². The summed E-state index contributed by atoms with van der Waals surface area (Å²) in [6.07, 6.45) is 0. The van der Waals surface area contributed by atoms with Crippen LogP contribution in [0.1, 0.15) is 11.1 Å². The maximum absolute atomic E-state index is 2.49. The average molecular weight is 506 g/mol. The van der Waals surface area contributed by atoms with Crippen LogP contribution in [0.15, 0.2) is 42.5 Å². The zero-order valence-corrected chi connectivity index (χ0v) is 20.5. The lowest BCUT2D eigenvalue weighted by Gasteiger charge is -2.34. The molecular formula is C24H35IN4. The quantitative estimate of drug-likeness (QED) is 0.569. The van der Waals surface area contributed by atoms with Crippen LogP contribution in [-0.4, -0.2) is 76.3 Å². The van der Waals surface area contributed by atoms with Gasteiger partial charge in [-0.1, -0.05) is 18.2 Å². The first-order valence-corrected chi connectivity index (χ1v) is 11.7. The number of anilines is 2. The van der Waals surface area contributed by atoms with Crippen molar-refractivity contribution in [2.45, 2.75) is 13.8 Å². The minimum Gasteiger partial charge on any atom is -0.369 e. The highest BCUT2D eigenvalue weighted by Gasteiger charge is 2.16. The zero-order valence-electron chi connectivity index (χ0n) is 18.4. The normalized spacial score (nSPS) is 18.4. The van der Waals surface area contributed by atoms with E-state index in [0.717, 1.165) is 26.2 Å². The molecular weight excluding hydrogens is 471 g/mol. The maximum atomic E-state index is 2.49. The third-order valence-corrected chi connectivity index (χ3v) is 6.63. The second kappa shape index (κ2) is 10.6. The Morgan fingerprint density at radius 1 is 0.621 bits per heavy atom. The smallest absolute Gasteiger partial charge is 0.0397 e. The van der Waals surface area contributed by atoms with Crippen LogP contribution < -0.4 is 9.80 Å². The molecule has 2 fully saturated rings. The molecule has 4 nitrogen and oxygen atoms in total. The molecule has 0 amide bonds. The predicted molar refractivity (Wildman–Crippen MR) is 134 cm³/mol. The monoisotopic (exact) mass is 506 g/mol. The van der Waals surface area contributed by atoms with Gasteiger partial charge in [0.15, 0.2) is 0 Å². The lowest BCUT2D eigenvalue weighted by atomic mass is 10.1. The van der Waals surface area contributed by atoms with E-state index >= 15 is 0 Å². The van der Waals surface area contributed by atoms with E-state index < -0.39 is 0 Å². The second-order valence-corrected chi connectivity index (χ2v) is 9.54. The second-order valence-electron chi connectivity index (χ2n) is 8.30. The Kier molecular flexibility index (Phi) is 8.21. The molecule has 2 aliphatic rings. The van der Waals surface area contributed by atoms with Crippen molar-refractivity contribution in [3.63, 3.8) is 0 Å². The van der Waals surface area contributed by atoms with E-state index in [4.69, 9.17) is 0 Å². The van der Waals surface area contributed by atoms with Gasteiger partial charge >= 0.3 is 0 Å². The molecule has 0 radical (unpaired) electrons. The molecule has 2 aromatic carbocycles. The van der Waals surface area contributed by atoms with Gasteiger partial charge < -0.3 is 19.6 Å². The van der Waals surface area contributed by atoms with Gasteiger partial charge in [-0.25, -0.2) is 0 Å². The van der Waals surface area contributed by atoms with E-state index in [1.807, 2.05) is 0 Å². The van der Waals surface area contributed by atoms with Gasteiger partial charge in [0.05, 0.1) is 0 Å². The van der Waals surface area contributed by atoms with Gasteiger partial charge in [0, 0.05) is 67.3 Å². The number of aryl methyl sites for hydroxylation is 2. The van der Waals surface area contributed by atoms with E-state index in [0.29, 0.717) is 0 Å². The van der Waals surface area contributed by atoms with Crippen LogP contribution >= 0.6 is 22.6 Å². The van der Waals surface area contributed by atoms with Crippen molar-refractivity contribution in [3.05, 3.63) is 57.2 Å². The van der Waals surface area contributed by atoms with Gasteiger partial charge in [-0.05, 0) is 85.9 Å². The van der Waals surface area contributed by atoms with E-state index in [1.54, 1.807) is 0 Å². The largest absolute Gasteiger partial charge is 0.369 e. The van der Waals surface area contributed by atoms with Crippen LogP contribution in [-0.2, 0) is 0 Å². The van der Waals surface area contributed by atoms with Gasteiger partial charge in [0.1, 0.15) is 0 Å². The Hall–Kier alpha value is -1.31. The highest BCUT2D eigenvalue weighted by atomic mass is 127. The summed E-state index contributed by atoms with van der Waals surface area (Å²) in [5.74, 6) is 0. The zero-order chi connectivity index (χ0) is 20.8. The molecule has 4 rings (SSSR count). The van der Waals surface area contributed by atoms with Crippen molar-refractivity contribution in [1.29, 1.82) is 0 Å².